The molecule has 0 aliphatic heterocycles. The van der Waals surface area contributed by atoms with E-state index in [-0.39, 0.29) is 18.0 Å². The van der Waals surface area contributed by atoms with E-state index in [0.717, 1.165) is 18.2 Å². The summed E-state index contributed by atoms with van der Waals surface area (Å²) in [7, 11) is 1.46. The first kappa shape index (κ1) is 24.5. The molecule has 1 amide bonds. The second-order valence-electron chi connectivity index (χ2n) is 6.73. The van der Waals surface area contributed by atoms with Crippen LogP contribution in [0.1, 0.15) is 27.0 Å². The molecule has 3 aromatic carbocycles. The number of benzene rings is 3. The third kappa shape index (κ3) is 6.67. The maximum absolute atomic E-state index is 13.3. The van der Waals surface area contributed by atoms with Crippen molar-refractivity contribution < 1.29 is 31.8 Å². The number of nitrogens with zero attached hydrogens (tertiary/aromatic N) is 1. The van der Waals surface area contributed by atoms with E-state index in [1.54, 1.807) is 24.3 Å². The molecule has 0 aliphatic rings. The fraction of sp³-hybridized carbons (Fsp3) is 0.130. The van der Waals surface area contributed by atoms with Gasteiger partial charge in [0.25, 0.3) is 5.91 Å². The van der Waals surface area contributed by atoms with Gasteiger partial charge in [0.1, 0.15) is 12.4 Å². The Morgan fingerprint density at radius 3 is 2.58 bits per heavy atom. The number of amides is 1. The number of hydrazone groups is 1. The van der Waals surface area contributed by atoms with E-state index in [4.69, 9.17) is 9.47 Å². The van der Waals surface area contributed by atoms with E-state index in [1.165, 1.54) is 31.5 Å². The van der Waals surface area contributed by atoms with Gasteiger partial charge in [0, 0.05) is 5.56 Å². The summed E-state index contributed by atoms with van der Waals surface area (Å²) in [6, 6.07) is 13.4. The van der Waals surface area contributed by atoms with Crippen LogP contribution in [0.2, 0.25) is 0 Å². The fourth-order valence-corrected chi connectivity index (χ4v) is 3.58. The SMILES string of the molecule is COc1cc(/C=N\NC(=O)c2cccc(C(F)(F)F)c2)cc(I)c1OCc1cccc(F)c1. The molecule has 0 unspecified atom stereocenters. The van der Waals surface area contributed by atoms with Gasteiger partial charge in [-0.2, -0.15) is 18.3 Å². The minimum Gasteiger partial charge on any atom is -0.493 e. The highest BCUT2D eigenvalue weighted by Gasteiger charge is 2.30. The lowest BCUT2D eigenvalue weighted by Gasteiger charge is -2.13. The Morgan fingerprint density at radius 1 is 1.12 bits per heavy atom. The molecule has 0 atom stereocenters. The summed E-state index contributed by atoms with van der Waals surface area (Å²) >= 11 is 2.04. The van der Waals surface area contributed by atoms with Crippen LogP contribution in [0.3, 0.4) is 0 Å². The van der Waals surface area contributed by atoms with Crippen molar-refractivity contribution in [2.75, 3.05) is 7.11 Å². The van der Waals surface area contributed by atoms with E-state index in [1.807, 2.05) is 22.6 Å². The average molecular weight is 572 g/mol. The molecular weight excluding hydrogens is 555 g/mol. The van der Waals surface area contributed by atoms with Crippen molar-refractivity contribution in [3.63, 3.8) is 0 Å². The maximum Gasteiger partial charge on any atom is 0.416 e. The fourth-order valence-electron chi connectivity index (χ4n) is 2.80. The Hall–Kier alpha value is -3.15. The molecule has 3 rings (SSSR count). The quantitative estimate of drug-likeness (QED) is 0.169. The minimum atomic E-state index is -4.55. The molecule has 33 heavy (non-hydrogen) atoms. The van der Waals surface area contributed by atoms with E-state index in [2.05, 4.69) is 10.5 Å². The maximum atomic E-state index is 13.3. The number of alkyl halides is 3. The first-order valence-corrected chi connectivity index (χ1v) is 10.5. The molecule has 0 radical (unpaired) electrons. The molecule has 0 saturated carbocycles. The Balaban J connectivity index is 1.70. The topological polar surface area (TPSA) is 59.9 Å². The number of carbonyl (C=O) groups excluding carboxylic acids is 1. The monoisotopic (exact) mass is 572 g/mol. The highest BCUT2D eigenvalue weighted by atomic mass is 127. The molecule has 0 heterocycles. The largest absolute Gasteiger partial charge is 0.493 e. The van der Waals surface area contributed by atoms with Crippen molar-refractivity contribution in [1.29, 1.82) is 0 Å². The van der Waals surface area contributed by atoms with Gasteiger partial charge in [-0.15, -0.1) is 0 Å². The molecule has 10 heteroatoms. The second kappa shape index (κ2) is 10.6. The standard InChI is InChI=1S/C23H17F4IN2O3/c1-32-20-10-15(9-19(28)21(20)33-13-14-4-2-7-18(24)8-14)12-29-30-22(31)16-5-3-6-17(11-16)23(25,26)27/h2-12H,13H2,1H3,(H,30,31)/b29-12-. The predicted molar refractivity (Wildman–Crippen MR) is 123 cm³/mol. The molecule has 5 nitrogen and oxygen atoms in total. The van der Waals surface area contributed by atoms with Crippen molar-refractivity contribution in [2.24, 2.45) is 5.10 Å². The molecule has 0 spiro atoms. The highest BCUT2D eigenvalue weighted by Crippen LogP contribution is 2.34. The Morgan fingerprint density at radius 2 is 1.88 bits per heavy atom. The van der Waals surface area contributed by atoms with Gasteiger partial charge in [-0.1, -0.05) is 18.2 Å². The number of ether oxygens (including phenoxy) is 2. The highest BCUT2D eigenvalue weighted by molar-refractivity contribution is 14.1. The van der Waals surface area contributed by atoms with Gasteiger partial charge in [0.2, 0.25) is 0 Å². The normalized spacial score (nSPS) is 11.5. The van der Waals surface area contributed by atoms with Crippen molar-refractivity contribution in [1.82, 2.24) is 5.43 Å². The summed E-state index contributed by atoms with van der Waals surface area (Å²) < 4.78 is 63.6. The summed E-state index contributed by atoms with van der Waals surface area (Å²) in [4.78, 5) is 12.1. The molecule has 3 aromatic rings. The van der Waals surface area contributed by atoms with Crippen LogP contribution in [0.15, 0.2) is 65.8 Å². The van der Waals surface area contributed by atoms with Crippen LogP contribution in [-0.2, 0) is 12.8 Å². The van der Waals surface area contributed by atoms with E-state index < -0.39 is 17.6 Å². The Labute approximate surface area is 200 Å². The second-order valence-corrected chi connectivity index (χ2v) is 7.89. The van der Waals surface area contributed by atoms with Gasteiger partial charge < -0.3 is 9.47 Å². The van der Waals surface area contributed by atoms with E-state index >= 15 is 0 Å². The number of nitrogens with one attached hydrogen (secondary N) is 1. The van der Waals surface area contributed by atoms with Gasteiger partial charge in [-0.05, 0) is 76.2 Å². The lowest BCUT2D eigenvalue weighted by Crippen LogP contribution is -2.18. The summed E-state index contributed by atoms with van der Waals surface area (Å²) in [6.45, 7) is 0.130. The van der Waals surface area contributed by atoms with Crippen molar-refractivity contribution in [2.45, 2.75) is 12.8 Å². The molecule has 172 valence electrons. The third-order valence-electron chi connectivity index (χ3n) is 4.36. The van der Waals surface area contributed by atoms with Gasteiger partial charge >= 0.3 is 6.18 Å². The summed E-state index contributed by atoms with van der Waals surface area (Å²) in [5.74, 6) is -0.304. The van der Waals surface area contributed by atoms with Gasteiger partial charge in [0.05, 0.1) is 22.5 Å². The first-order valence-electron chi connectivity index (χ1n) is 9.43. The van der Waals surface area contributed by atoms with Gasteiger partial charge in [-0.3, -0.25) is 4.79 Å². The molecule has 0 fully saturated rings. The van der Waals surface area contributed by atoms with Crippen LogP contribution < -0.4 is 14.9 Å². The van der Waals surface area contributed by atoms with Crippen LogP contribution in [0, 0.1) is 9.39 Å². The lowest BCUT2D eigenvalue weighted by atomic mass is 10.1. The zero-order chi connectivity index (χ0) is 24.0. The zero-order valence-corrected chi connectivity index (χ0v) is 19.3. The molecule has 0 saturated heterocycles. The Kier molecular flexibility index (Phi) is 7.90. The Bertz CT molecular complexity index is 1180. The minimum absolute atomic E-state index is 0.130. The van der Waals surface area contributed by atoms with Gasteiger partial charge in [0.15, 0.2) is 11.5 Å². The van der Waals surface area contributed by atoms with Gasteiger partial charge in [-0.25, -0.2) is 9.82 Å². The number of rotatable bonds is 7. The number of hydrogen-bond donors (Lipinski definition) is 1. The predicted octanol–water partition coefficient (Wildman–Crippen LogP) is 5.80. The van der Waals surface area contributed by atoms with Crippen molar-refractivity contribution in [3.05, 3.63) is 92.3 Å². The average Bonchev–Trinajstić information content (AvgIpc) is 2.77. The lowest BCUT2D eigenvalue weighted by molar-refractivity contribution is -0.137. The number of halogens is 5. The molecular formula is C23H17F4IN2O3. The summed E-state index contributed by atoms with van der Waals surface area (Å²) in [6.07, 6.45) is -3.22. The first-order chi connectivity index (χ1) is 15.7. The van der Waals surface area contributed by atoms with Crippen LogP contribution in [0.25, 0.3) is 0 Å². The molecule has 0 aromatic heterocycles. The van der Waals surface area contributed by atoms with E-state index in [0.29, 0.717) is 26.2 Å². The zero-order valence-electron chi connectivity index (χ0n) is 17.1. The van der Waals surface area contributed by atoms with Crippen LogP contribution >= 0.6 is 22.6 Å². The van der Waals surface area contributed by atoms with Crippen molar-refractivity contribution >= 4 is 34.7 Å². The summed E-state index contributed by atoms with van der Waals surface area (Å²) in [5, 5.41) is 3.81. The number of hydrogen-bond acceptors (Lipinski definition) is 4. The third-order valence-corrected chi connectivity index (χ3v) is 5.16. The smallest absolute Gasteiger partial charge is 0.416 e. The molecule has 1 N–H and O–H groups in total. The summed E-state index contributed by atoms with van der Waals surface area (Å²) in [5.41, 5.74) is 2.31. The number of methoxy groups -OCH3 is 1. The molecule has 0 aliphatic carbocycles. The van der Waals surface area contributed by atoms with E-state index in [9.17, 15) is 22.4 Å². The van der Waals surface area contributed by atoms with Crippen molar-refractivity contribution in [3.8, 4) is 11.5 Å². The van der Waals surface area contributed by atoms with Crippen LogP contribution in [-0.4, -0.2) is 19.2 Å². The number of carbonyl (C=O) groups is 1. The van der Waals surface area contributed by atoms with Crippen LogP contribution in [0.5, 0.6) is 11.5 Å². The molecule has 0 bridgehead atoms. The van der Waals surface area contributed by atoms with Crippen LogP contribution in [0.4, 0.5) is 17.6 Å².